The van der Waals surface area contributed by atoms with Gasteiger partial charge < -0.3 is 22.0 Å². The molecule has 2 aromatic carbocycles. The monoisotopic (exact) mass is 399 g/mol. The zero-order valence-corrected chi connectivity index (χ0v) is 17.5. The molecule has 1 saturated heterocycles. The molecule has 4 heteroatoms. The van der Waals surface area contributed by atoms with Gasteiger partial charge in [-0.3, -0.25) is 4.90 Å². The summed E-state index contributed by atoms with van der Waals surface area (Å²) in [6.45, 7) is 11.6. The maximum atomic E-state index is 5.99. The van der Waals surface area contributed by atoms with Gasteiger partial charge in [0.15, 0.2) is 0 Å². The van der Waals surface area contributed by atoms with Gasteiger partial charge in [-0.2, -0.15) is 0 Å². The molecule has 0 amide bonds. The predicted octanol–water partition coefficient (Wildman–Crippen LogP) is 1.40. The molecule has 0 bridgehead atoms. The highest BCUT2D eigenvalue weighted by Gasteiger charge is 2.16. The van der Waals surface area contributed by atoms with Crippen molar-refractivity contribution in [1.82, 2.24) is 9.80 Å². The number of unbranched alkanes of at least 4 members (excludes halogenated alkanes) is 1. The highest BCUT2D eigenvalue weighted by Crippen LogP contribution is 2.19. The number of piperazine rings is 1. The highest BCUT2D eigenvalue weighted by molar-refractivity contribution is 5.34. The molecule has 1 fully saturated rings. The summed E-state index contributed by atoms with van der Waals surface area (Å²) in [5.74, 6) is 1.01. The fourth-order valence-electron chi connectivity index (χ4n) is 3.60. The van der Waals surface area contributed by atoms with Crippen molar-refractivity contribution in [3.8, 4) is 5.75 Å². The van der Waals surface area contributed by atoms with Crippen molar-refractivity contribution in [2.45, 2.75) is 25.8 Å². The summed E-state index contributed by atoms with van der Waals surface area (Å²) in [6, 6.07) is 19.1. The van der Waals surface area contributed by atoms with Gasteiger partial charge in [-0.15, -0.1) is 6.58 Å². The van der Waals surface area contributed by atoms with Crippen LogP contribution in [-0.2, 0) is 13.0 Å². The van der Waals surface area contributed by atoms with Crippen LogP contribution in [0.2, 0.25) is 0 Å². The number of hydrogen-bond donors (Lipinski definition) is 0. The van der Waals surface area contributed by atoms with Gasteiger partial charge in [0.2, 0.25) is 0 Å². The van der Waals surface area contributed by atoms with E-state index in [-0.39, 0.29) is 12.4 Å². The molecule has 1 heterocycles. The van der Waals surface area contributed by atoms with Crippen LogP contribution in [0, 0.1) is 0 Å². The molecule has 0 N–H and O–H groups in total. The van der Waals surface area contributed by atoms with E-state index in [0.29, 0.717) is 0 Å². The molecular weight excluding hydrogens is 368 g/mol. The van der Waals surface area contributed by atoms with Crippen LogP contribution in [0.1, 0.15) is 24.0 Å². The van der Waals surface area contributed by atoms with Crippen molar-refractivity contribution in [3.63, 3.8) is 0 Å². The van der Waals surface area contributed by atoms with Gasteiger partial charge >= 0.3 is 0 Å². The Hall–Kier alpha value is -1.81. The molecular formula is C24H32ClN2O-. The standard InChI is InChI=1S/C24H32N2O.ClH/c1-2-10-23-13-6-7-14-24(23)27-20-9-8-15-25-16-18-26(19-17-25)21-22-11-4-3-5-12-22;/h2-7,11-14H,1,8-10,15-21H2;1H/p-1. The highest BCUT2D eigenvalue weighted by atomic mass is 35.5. The minimum Gasteiger partial charge on any atom is -1.00 e. The Morgan fingerprint density at radius 2 is 1.54 bits per heavy atom. The number of para-hydroxylation sites is 1. The van der Waals surface area contributed by atoms with Crippen LogP contribution in [0.3, 0.4) is 0 Å². The van der Waals surface area contributed by atoms with E-state index in [2.05, 4.69) is 64.9 Å². The van der Waals surface area contributed by atoms with Gasteiger partial charge in [-0.25, -0.2) is 0 Å². The van der Waals surface area contributed by atoms with E-state index in [9.17, 15) is 0 Å². The summed E-state index contributed by atoms with van der Waals surface area (Å²) in [5.41, 5.74) is 2.64. The summed E-state index contributed by atoms with van der Waals surface area (Å²) < 4.78 is 5.99. The van der Waals surface area contributed by atoms with Gasteiger partial charge in [0.25, 0.3) is 0 Å². The molecule has 0 aliphatic carbocycles. The fraction of sp³-hybridized carbons (Fsp3) is 0.417. The summed E-state index contributed by atoms with van der Waals surface area (Å²) in [7, 11) is 0. The SMILES string of the molecule is C=CCc1ccccc1OCCCCN1CCN(Cc2ccccc2)CC1.[Cl-]. The molecule has 28 heavy (non-hydrogen) atoms. The minimum absolute atomic E-state index is 0. The Kier molecular flexibility index (Phi) is 10.1. The van der Waals surface area contributed by atoms with Gasteiger partial charge in [-0.05, 0) is 43.0 Å². The van der Waals surface area contributed by atoms with Gasteiger partial charge in [0.1, 0.15) is 5.75 Å². The molecule has 0 saturated carbocycles. The average molecular weight is 400 g/mol. The predicted molar refractivity (Wildman–Crippen MR) is 113 cm³/mol. The average Bonchev–Trinajstić information content (AvgIpc) is 2.71. The number of hydrogen-bond acceptors (Lipinski definition) is 3. The third-order valence-electron chi connectivity index (χ3n) is 5.18. The van der Waals surface area contributed by atoms with Crippen molar-refractivity contribution in [3.05, 3.63) is 78.4 Å². The van der Waals surface area contributed by atoms with E-state index in [1.165, 1.54) is 50.3 Å². The molecule has 1 aliphatic rings. The maximum Gasteiger partial charge on any atom is 0.122 e. The zero-order chi connectivity index (χ0) is 18.7. The Labute approximate surface area is 176 Å². The Bertz CT molecular complexity index is 684. The molecule has 0 atom stereocenters. The first kappa shape index (κ1) is 22.5. The fourth-order valence-corrected chi connectivity index (χ4v) is 3.60. The van der Waals surface area contributed by atoms with Gasteiger partial charge in [-0.1, -0.05) is 54.6 Å². The number of allylic oxidation sites excluding steroid dienone is 1. The molecule has 0 spiro atoms. The maximum absolute atomic E-state index is 5.99. The lowest BCUT2D eigenvalue weighted by atomic mass is 10.1. The summed E-state index contributed by atoms with van der Waals surface area (Å²) in [5, 5.41) is 0. The van der Waals surface area contributed by atoms with Gasteiger partial charge in [0.05, 0.1) is 6.61 Å². The third kappa shape index (κ3) is 7.31. The topological polar surface area (TPSA) is 15.7 Å². The summed E-state index contributed by atoms with van der Waals surface area (Å²) >= 11 is 0. The number of benzene rings is 2. The van der Waals surface area contributed by atoms with Crippen molar-refractivity contribution in [2.75, 3.05) is 39.3 Å². The van der Waals surface area contributed by atoms with Crippen LogP contribution in [0.5, 0.6) is 5.75 Å². The number of ether oxygens (including phenoxy) is 1. The Balaban J connectivity index is 0.00000280. The normalized spacial score (nSPS) is 15.0. The zero-order valence-electron chi connectivity index (χ0n) is 16.7. The second-order valence-corrected chi connectivity index (χ2v) is 7.26. The first-order chi connectivity index (χ1) is 13.3. The van der Waals surface area contributed by atoms with Crippen LogP contribution in [0.25, 0.3) is 0 Å². The largest absolute Gasteiger partial charge is 1.00 e. The first-order valence-corrected chi connectivity index (χ1v) is 10.2. The first-order valence-electron chi connectivity index (χ1n) is 10.2. The molecule has 3 rings (SSSR count). The molecule has 1 aliphatic heterocycles. The van der Waals surface area contributed by atoms with E-state index in [1.807, 2.05) is 12.1 Å². The van der Waals surface area contributed by atoms with Crippen LogP contribution in [0.15, 0.2) is 67.3 Å². The Morgan fingerprint density at radius 1 is 0.857 bits per heavy atom. The minimum atomic E-state index is 0. The lowest BCUT2D eigenvalue weighted by Crippen LogP contribution is -3.00. The second-order valence-electron chi connectivity index (χ2n) is 7.26. The summed E-state index contributed by atoms with van der Waals surface area (Å²) in [4.78, 5) is 5.15. The lowest BCUT2D eigenvalue weighted by molar-refractivity contribution is -0.00000597. The van der Waals surface area contributed by atoms with Crippen molar-refractivity contribution in [1.29, 1.82) is 0 Å². The van der Waals surface area contributed by atoms with Crippen molar-refractivity contribution >= 4 is 0 Å². The molecule has 2 aromatic rings. The number of halogens is 1. The summed E-state index contributed by atoms with van der Waals surface area (Å²) in [6.07, 6.45) is 5.10. The molecule has 152 valence electrons. The van der Waals surface area contributed by atoms with Crippen molar-refractivity contribution < 1.29 is 17.1 Å². The Morgan fingerprint density at radius 3 is 2.29 bits per heavy atom. The molecule has 0 aromatic heterocycles. The second kappa shape index (κ2) is 12.6. The molecule has 0 unspecified atom stereocenters. The van der Waals surface area contributed by atoms with E-state index in [0.717, 1.165) is 31.7 Å². The van der Waals surface area contributed by atoms with Crippen LogP contribution >= 0.6 is 0 Å². The van der Waals surface area contributed by atoms with E-state index >= 15 is 0 Å². The smallest absolute Gasteiger partial charge is 0.122 e. The molecule has 0 radical (unpaired) electrons. The van der Waals surface area contributed by atoms with Gasteiger partial charge in [0, 0.05) is 32.7 Å². The van der Waals surface area contributed by atoms with Crippen LogP contribution < -0.4 is 17.1 Å². The molecule has 3 nitrogen and oxygen atoms in total. The van der Waals surface area contributed by atoms with E-state index in [1.54, 1.807) is 0 Å². The third-order valence-corrected chi connectivity index (χ3v) is 5.18. The quantitative estimate of drug-likeness (QED) is 0.443. The van der Waals surface area contributed by atoms with Crippen molar-refractivity contribution in [2.24, 2.45) is 0 Å². The van der Waals surface area contributed by atoms with E-state index in [4.69, 9.17) is 4.74 Å². The van der Waals surface area contributed by atoms with E-state index < -0.39 is 0 Å². The number of nitrogens with zero attached hydrogens (tertiary/aromatic N) is 2. The number of rotatable bonds is 10. The van der Waals surface area contributed by atoms with Crippen LogP contribution in [0.4, 0.5) is 0 Å². The van der Waals surface area contributed by atoms with Crippen LogP contribution in [-0.4, -0.2) is 49.1 Å². The lowest BCUT2D eigenvalue weighted by Gasteiger charge is -2.34.